The molecule has 0 saturated heterocycles. The number of carboxylic acid groups (broad SMARTS) is 1. The third-order valence-electron chi connectivity index (χ3n) is 1.98. The summed E-state index contributed by atoms with van der Waals surface area (Å²) in [5.74, 6) is -0.811. The van der Waals surface area contributed by atoms with Gasteiger partial charge in [-0.2, -0.15) is 0 Å². The van der Waals surface area contributed by atoms with E-state index in [2.05, 4.69) is 5.32 Å². The lowest BCUT2D eigenvalue weighted by molar-refractivity contribution is -0.136. The molecule has 0 aromatic heterocycles. The molecule has 0 bridgehead atoms. The van der Waals surface area contributed by atoms with Crippen LogP contribution in [-0.2, 0) is 4.79 Å². The fraction of sp³-hybridized carbons (Fsp3) is 0.273. The number of carboxylic acids is 1. The summed E-state index contributed by atoms with van der Waals surface area (Å²) in [6, 6.07) is 6.77. The van der Waals surface area contributed by atoms with E-state index in [1.54, 1.807) is 24.3 Å². The first-order valence-electron chi connectivity index (χ1n) is 4.78. The number of hydrogen-bond acceptors (Lipinski definition) is 3. The summed E-state index contributed by atoms with van der Waals surface area (Å²) in [6.07, 6.45) is -0.0963. The molecular weight excluding hydrogens is 210 g/mol. The molecule has 0 heterocycles. The van der Waals surface area contributed by atoms with Crippen molar-refractivity contribution in [3.63, 3.8) is 0 Å². The zero-order valence-corrected chi connectivity index (χ0v) is 8.90. The number of carbonyl (C=O) groups excluding carboxylic acids is 1. The van der Waals surface area contributed by atoms with Crippen LogP contribution >= 0.6 is 0 Å². The van der Waals surface area contributed by atoms with Gasteiger partial charge in [0.1, 0.15) is 5.75 Å². The Hall–Kier alpha value is -2.04. The summed E-state index contributed by atoms with van der Waals surface area (Å²) >= 11 is 0. The molecule has 5 heteroatoms. The van der Waals surface area contributed by atoms with Crippen LogP contribution in [0.4, 0.5) is 0 Å². The molecule has 86 valence electrons. The number of methoxy groups -OCH3 is 1. The molecule has 0 spiro atoms. The minimum Gasteiger partial charge on any atom is -0.496 e. The summed E-state index contributed by atoms with van der Waals surface area (Å²) in [7, 11) is 1.48. The Labute approximate surface area is 93.0 Å². The van der Waals surface area contributed by atoms with Crippen molar-refractivity contribution in [1.29, 1.82) is 0 Å². The lowest BCUT2D eigenvalue weighted by atomic mass is 10.2. The molecule has 5 nitrogen and oxygen atoms in total. The van der Waals surface area contributed by atoms with Crippen molar-refractivity contribution in [2.75, 3.05) is 13.7 Å². The standard InChI is InChI=1S/C11H13NO4/c1-16-9-5-3-2-4-8(9)11(15)12-7-6-10(13)14/h2-5H,6-7H2,1H3,(H,12,15)(H,13,14). The van der Waals surface area contributed by atoms with Crippen LogP contribution in [0.15, 0.2) is 24.3 Å². The summed E-state index contributed by atoms with van der Waals surface area (Å²) in [5.41, 5.74) is 0.399. The first kappa shape index (κ1) is 12.0. The first-order chi connectivity index (χ1) is 7.65. The van der Waals surface area contributed by atoms with Crippen LogP contribution in [0, 0.1) is 0 Å². The van der Waals surface area contributed by atoms with Gasteiger partial charge in [0, 0.05) is 6.54 Å². The smallest absolute Gasteiger partial charge is 0.305 e. The molecule has 16 heavy (non-hydrogen) atoms. The molecule has 0 unspecified atom stereocenters. The van der Waals surface area contributed by atoms with Crippen LogP contribution < -0.4 is 10.1 Å². The predicted molar refractivity (Wildman–Crippen MR) is 57.6 cm³/mol. The Morgan fingerprint density at radius 1 is 1.38 bits per heavy atom. The number of nitrogens with one attached hydrogen (secondary N) is 1. The number of carbonyl (C=O) groups is 2. The average Bonchev–Trinajstić information content (AvgIpc) is 2.28. The molecule has 0 radical (unpaired) electrons. The highest BCUT2D eigenvalue weighted by atomic mass is 16.5. The van der Waals surface area contributed by atoms with Gasteiger partial charge in [0.2, 0.25) is 0 Å². The van der Waals surface area contributed by atoms with Gasteiger partial charge in [0.15, 0.2) is 0 Å². The van der Waals surface area contributed by atoms with E-state index in [1.165, 1.54) is 7.11 Å². The van der Waals surface area contributed by atoms with Gasteiger partial charge in [-0.25, -0.2) is 0 Å². The highest BCUT2D eigenvalue weighted by Gasteiger charge is 2.10. The fourth-order valence-electron chi connectivity index (χ4n) is 1.21. The average molecular weight is 223 g/mol. The summed E-state index contributed by atoms with van der Waals surface area (Å²) in [4.78, 5) is 21.9. The molecule has 0 aliphatic carbocycles. The van der Waals surface area contributed by atoms with E-state index in [9.17, 15) is 9.59 Å². The number of amides is 1. The SMILES string of the molecule is COc1ccccc1C(=O)NCCC(=O)O. The Bertz CT molecular complexity index is 389. The van der Waals surface area contributed by atoms with Gasteiger partial charge in [-0.15, -0.1) is 0 Å². The van der Waals surface area contributed by atoms with E-state index in [4.69, 9.17) is 9.84 Å². The van der Waals surface area contributed by atoms with Gasteiger partial charge < -0.3 is 15.2 Å². The molecule has 1 rings (SSSR count). The Kier molecular flexibility index (Phi) is 4.32. The maximum absolute atomic E-state index is 11.6. The lowest BCUT2D eigenvalue weighted by Crippen LogP contribution is -2.26. The second-order valence-corrected chi connectivity index (χ2v) is 3.10. The number of aliphatic carboxylic acids is 1. The highest BCUT2D eigenvalue weighted by Crippen LogP contribution is 2.16. The van der Waals surface area contributed by atoms with E-state index >= 15 is 0 Å². The Morgan fingerprint density at radius 2 is 2.06 bits per heavy atom. The molecule has 0 fully saturated rings. The van der Waals surface area contributed by atoms with E-state index in [-0.39, 0.29) is 18.9 Å². The van der Waals surface area contributed by atoms with Gasteiger partial charge in [-0.1, -0.05) is 12.1 Å². The van der Waals surface area contributed by atoms with Gasteiger partial charge in [-0.05, 0) is 12.1 Å². The van der Waals surface area contributed by atoms with Crippen LogP contribution in [0.1, 0.15) is 16.8 Å². The zero-order valence-electron chi connectivity index (χ0n) is 8.90. The number of benzene rings is 1. The minimum atomic E-state index is -0.944. The second kappa shape index (κ2) is 5.75. The Morgan fingerprint density at radius 3 is 2.69 bits per heavy atom. The largest absolute Gasteiger partial charge is 0.496 e. The summed E-state index contributed by atoms with van der Waals surface area (Å²) in [5, 5.41) is 10.9. The summed E-state index contributed by atoms with van der Waals surface area (Å²) in [6.45, 7) is 0.103. The molecule has 1 aromatic rings. The summed E-state index contributed by atoms with van der Waals surface area (Å²) < 4.78 is 5.02. The van der Waals surface area contributed by atoms with Crippen molar-refractivity contribution >= 4 is 11.9 Å². The number of ether oxygens (including phenoxy) is 1. The molecule has 0 aliphatic rings. The molecule has 1 amide bonds. The van der Waals surface area contributed by atoms with Gasteiger partial charge in [-0.3, -0.25) is 9.59 Å². The highest BCUT2D eigenvalue weighted by molar-refractivity contribution is 5.97. The van der Waals surface area contributed by atoms with E-state index in [0.717, 1.165) is 0 Å². The minimum absolute atomic E-state index is 0.0963. The third kappa shape index (κ3) is 3.27. The molecule has 1 aromatic carbocycles. The fourth-order valence-corrected chi connectivity index (χ4v) is 1.21. The van der Waals surface area contributed by atoms with Crippen molar-refractivity contribution in [1.82, 2.24) is 5.32 Å². The number of rotatable bonds is 5. The van der Waals surface area contributed by atoms with Crippen molar-refractivity contribution < 1.29 is 19.4 Å². The molecule has 0 atom stereocenters. The van der Waals surface area contributed by atoms with Gasteiger partial charge in [0.05, 0.1) is 19.1 Å². The van der Waals surface area contributed by atoms with Crippen molar-refractivity contribution in [2.45, 2.75) is 6.42 Å². The van der Waals surface area contributed by atoms with Gasteiger partial charge in [0.25, 0.3) is 5.91 Å². The van der Waals surface area contributed by atoms with Crippen molar-refractivity contribution in [3.05, 3.63) is 29.8 Å². The maximum Gasteiger partial charge on any atom is 0.305 e. The van der Waals surface area contributed by atoms with Crippen LogP contribution in [0.2, 0.25) is 0 Å². The molecule has 0 saturated carbocycles. The van der Waals surface area contributed by atoms with Crippen molar-refractivity contribution in [2.24, 2.45) is 0 Å². The molecule has 2 N–H and O–H groups in total. The van der Waals surface area contributed by atoms with Gasteiger partial charge >= 0.3 is 5.97 Å². The monoisotopic (exact) mass is 223 g/mol. The third-order valence-corrected chi connectivity index (χ3v) is 1.98. The molecule has 0 aliphatic heterocycles. The lowest BCUT2D eigenvalue weighted by Gasteiger charge is -2.07. The number of hydrogen-bond donors (Lipinski definition) is 2. The second-order valence-electron chi connectivity index (χ2n) is 3.10. The van der Waals surface area contributed by atoms with E-state index in [0.29, 0.717) is 11.3 Å². The van der Waals surface area contributed by atoms with Crippen LogP contribution in [0.5, 0.6) is 5.75 Å². The van der Waals surface area contributed by atoms with Crippen LogP contribution in [0.25, 0.3) is 0 Å². The van der Waals surface area contributed by atoms with Crippen LogP contribution in [0.3, 0.4) is 0 Å². The zero-order chi connectivity index (χ0) is 12.0. The quantitative estimate of drug-likeness (QED) is 0.777. The van der Waals surface area contributed by atoms with Crippen molar-refractivity contribution in [3.8, 4) is 5.75 Å². The Balaban J connectivity index is 2.62. The molecular formula is C11H13NO4. The predicted octanol–water partition coefficient (Wildman–Crippen LogP) is 0.900. The number of para-hydroxylation sites is 1. The maximum atomic E-state index is 11.6. The first-order valence-corrected chi connectivity index (χ1v) is 4.78. The van der Waals surface area contributed by atoms with E-state index in [1.807, 2.05) is 0 Å². The topological polar surface area (TPSA) is 75.6 Å². The normalized spacial score (nSPS) is 9.56. The van der Waals surface area contributed by atoms with E-state index < -0.39 is 5.97 Å². The van der Waals surface area contributed by atoms with Crippen LogP contribution in [-0.4, -0.2) is 30.6 Å².